The summed E-state index contributed by atoms with van der Waals surface area (Å²) in [6.45, 7) is 2.14. The summed E-state index contributed by atoms with van der Waals surface area (Å²) in [5.74, 6) is -1.10. The molecule has 2 aromatic rings. The Balaban J connectivity index is 2.22. The van der Waals surface area contributed by atoms with E-state index in [0.29, 0.717) is 5.02 Å². The predicted octanol–water partition coefficient (Wildman–Crippen LogP) is 5.57. The molecule has 0 aliphatic rings. The van der Waals surface area contributed by atoms with E-state index in [1.165, 1.54) is 12.1 Å². The maximum Gasteiger partial charge on any atom is 0.144 e. The lowest BCUT2D eigenvalue weighted by molar-refractivity contribution is 0.245. The van der Waals surface area contributed by atoms with Crippen LogP contribution in [0.25, 0.3) is 0 Å². The van der Waals surface area contributed by atoms with Crippen LogP contribution in [0.15, 0.2) is 40.9 Å². The van der Waals surface area contributed by atoms with Crippen LogP contribution < -0.4 is 0 Å². The molecule has 1 nitrogen and oxygen atoms in total. The van der Waals surface area contributed by atoms with Crippen molar-refractivity contribution in [3.8, 4) is 0 Å². The van der Waals surface area contributed by atoms with Gasteiger partial charge in [0.2, 0.25) is 0 Å². The number of rotatable bonds is 4. The van der Waals surface area contributed by atoms with E-state index in [0.717, 1.165) is 5.56 Å². The average molecular weight is 375 g/mol. The van der Waals surface area contributed by atoms with Crippen LogP contribution in [0.5, 0.6) is 0 Å². The molecule has 0 aliphatic carbocycles. The number of benzene rings is 2. The Morgan fingerprint density at radius 1 is 1.24 bits per heavy atom. The molecule has 112 valence electrons. The predicted molar refractivity (Wildman–Crippen MR) is 85.4 cm³/mol. The van der Waals surface area contributed by atoms with E-state index in [-0.39, 0.29) is 22.6 Å². The van der Waals surface area contributed by atoms with Gasteiger partial charge in [0, 0.05) is 23.2 Å². The van der Waals surface area contributed by atoms with Gasteiger partial charge in [0.05, 0.1) is 4.47 Å². The van der Waals surface area contributed by atoms with Crippen LogP contribution in [-0.4, -0.2) is 11.9 Å². The molecule has 0 N–H and O–H groups in total. The van der Waals surface area contributed by atoms with Gasteiger partial charge in [0.1, 0.15) is 11.6 Å². The van der Waals surface area contributed by atoms with Gasteiger partial charge in [-0.1, -0.05) is 23.7 Å². The van der Waals surface area contributed by atoms with Gasteiger partial charge in [-0.15, -0.1) is 0 Å². The van der Waals surface area contributed by atoms with E-state index in [1.807, 2.05) is 37.1 Å². The summed E-state index contributed by atoms with van der Waals surface area (Å²) in [4.78, 5) is 1.87. The van der Waals surface area contributed by atoms with E-state index >= 15 is 0 Å². The normalized spacial score (nSPS) is 12.7. The Kier molecular flexibility index (Phi) is 5.36. The second-order valence-electron chi connectivity index (χ2n) is 4.97. The molecule has 0 fully saturated rings. The van der Waals surface area contributed by atoms with Crippen molar-refractivity contribution in [2.24, 2.45) is 0 Å². The Labute approximate surface area is 136 Å². The number of halogens is 4. The zero-order valence-electron chi connectivity index (χ0n) is 11.7. The molecule has 0 radical (unpaired) electrons. The van der Waals surface area contributed by atoms with Crippen molar-refractivity contribution in [3.05, 3.63) is 68.7 Å². The van der Waals surface area contributed by atoms with Crippen molar-refractivity contribution in [1.82, 2.24) is 4.90 Å². The van der Waals surface area contributed by atoms with Gasteiger partial charge in [-0.3, -0.25) is 4.90 Å². The summed E-state index contributed by atoms with van der Waals surface area (Å²) in [5, 5.41) is 0.646. The molecule has 0 bridgehead atoms. The second kappa shape index (κ2) is 6.86. The number of hydrogen-bond donors (Lipinski definition) is 0. The average Bonchev–Trinajstić information content (AvgIpc) is 2.46. The van der Waals surface area contributed by atoms with Crippen LogP contribution in [0.4, 0.5) is 8.78 Å². The van der Waals surface area contributed by atoms with Crippen LogP contribution in [0, 0.1) is 11.6 Å². The molecule has 0 saturated heterocycles. The van der Waals surface area contributed by atoms with Crippen molar-refractivity contribution in [2.45, 2.75) is 19.5 Å². The number of hydrogen-bond acceptors (Lipinski definition) is 1. The van der Waals surface area contributed by atoms with Crippen molar-refractivity contribution < 1.29 is 8.78 Å². The van der Waals surface area contributed by atoms with Gasteiger partial charge < -0.3 is 0 Å². The zero-order chi connectivity index (χ0) is 15.6. The molecule has 0 saturated carbocycles. The van der Waals surface area contributed by atoms with Crippen molar-refractivity contribution in [1.29, 1.82) is 0 Å². The number of nitrogens with zero attached hydrogens (tertiary/aromatic N) is 1. The summed E-state index contributed by atoms with van der Waals surface area (Å²) in [6.07, 6.45) is 0. The zero-order valence-corrected chi connectivity index (χ0v) is 14.0. The molecule has 0 heterocycles. The van der Waals surface area contributed by atoms with Gasteiger partial charge in [0.25, 0.3) is 0 Å². The SMILES string of the molecule is CC(c1cccc(Cl)c1)N(C)Cc1c(F)ccc(Br)c1F. The van der Waals surface area contributed by atoms with Gasteiger partial charge in [-0.2, -0.15) is 0 Å². The first-order chi connectivity index (χ1) is 9.90. The summed E-state index contributed by atoms with van der Waals surface area (Å²) in [7, 11) is 1.82. The lowest BCUT2D eigenvalue weighted by Crippen LogP contribution is -2.23. The van der Waals surface area contributed by atoms with Crippen LogP contribution in [0.3, 0.4) is 0 Å². The molecule has 2 rings (SSSR count). The van der Waals surface area contributed by atoms with Gasteiger partial charge in [0.15, 0.2) is 0 Å². The lowest BCUT2D eigenvalue weighted by atomic mass is 10.1. The molecule has 0 aliphatic heterocycles. The molecule has 0 amide bonds. The fourth-order valence-electron chi connectivity index (χ4n) is 2.12. The van der Waals surface area contributed by atoms with Crippen LogP contribution in [0.1, 0.15) is 24.1 Å². The molecular formula is C16H15BrClF2N. The Hall–Kier alpha value is -0.970. The maximum absolute atomic E-state index is 14.0. The molecule has 21 heavy (non-hydrogen) atoms. The first-order valence-corrected chi connectivity index (χ1v) is 7.65. The van der Waals surface area contributed by atoms with Crippen LogP contribution in [-0.2, 0) is 6.54 Å². The van der Waals surface area contributed by atoms with Crippen LogP contribution >= 0.6 is 27.5 Å². The molecule has 5 heteroatoms. The first kappa shape index (κ1) is 16.4. The van der Waals surface area contributed by atoms with Crippen molar-refractivity contribution in [3.63, 3.8) is 0 Å². The Bertz CT molecular complexity index is 648. The highest BCUT2D eigenvalue weighted by atomic mass is 79.9. The third-order valence-corrected chi connectivity index (χ3v) is 4.39. The Morgan fingerprint density at radius 3 is 2.62 bits per heavy atom. The molecule has 2 aromatic carbocycles. The molecule has 1 unspecified atom stereocenters. The first-order valence-electron chi connectivity index (χ1n) is 6.48. The fraction of sp³-hybridized carbons (Fsp3) is 0.250. The molecule has 1 atom stereocenters. The largest absolute Gasteiger partial charge is 0.295 e. The fourth-order valence-corrected chi connectivity index (χ4v) is 2.69. The van der Waals surface area contributed by atoms with E-state index in [2.05, 4.69) is 15.9 Å². The minimum Gasteiger partial charge on any atom is -0.295 e. The smallest absolute Gasteiger partial charge is 0.144 e. The van der Waals surface area contributed by atoms with Gasteiger partial charge >= 0.3 is 0 Å². The summed E-state index contributed by atoms with van der Waals surface area (Å²) in [5.41, 5.74) is 1.06. The van der Waals surface area contributed by atoms with E-state index in [4.69, 9.17) is 11.6 Å². The monoisotopic (exact) mass is 373 g/mol. The van der Waals surface area contributed by atoms with E-state index in [9.17, 15) is 8.78 Å². The standard InChI is InChI=1S/C16H15BrClF2N/c1-10(11-4-3-5-12(18)8-11)21(2)9-13-15(19)7-6-14(17)16(13)20/h3-8,10H,9H2,1-2H3. The van der Waals surface area contributed by atoms with Crippen LogP contribution in [0.2, 0.25) is 5.02 Å². The second-order valence-corrected chi connectivity index (χ2v) is 6.26. The highest BCUT2D eigenvalue weighted by Crippen LogP contribution is 2.27. The quantitative estimate of drug-likeness (QED) is 0.632. The topological polar surface area (TPSA) is 3.24 Å². The van der Waals surface area contributed by atoms with E-state index in [1.54, 1.807) is 6.07 Å². The summed E-state index contributed by atoms with van der Waals surface area (Å²) in [6, 6.07) is 10.1. The highest BCUT2D eigenvalue weighted by molar-refractivity contribution is 9.10. The molecule has 0 aromatic heterocycles. The summed E-state index contributed by atoms with van der Waals surface area (Å²) < 4.78 is 28.1. The van der Waals surface area contributed by atoms with Crippen molar-refractivity contribution >= 4 is 27.5 Å². The maximum atomic E-state index is 14.0. The van der Waals surface area contributed by atoms with Gasteiger partial charge in [-0.25, -0.2) is 8.78 Å². The highest BCUT2D eigenvalue weighted by Gasteiger charge is 2.18. The molecular weight excluding hydrogens is 360 g/mol. The minimum absolute atomic E-state index is 0.0125. The Morgan fingerprint density at radius 2 is 1.95 bits per heavy atom. The third-order valence-electron chi connectivity index (χ3n) is 3.54. The lowest BCUT2D eigenvalue weighted by Gasteiger charge is -2.25. The van der Waals surface area contributed by atoms with Crippen molar-refractivity contribution in [2.75, 3.05) is 7.05 Å². The third kappa shape index (κ3) is 3.82. The molecule has 0 spiro atoms. The van der Waals surface area contributed by atoms with E-state index < -0.39 is 11.6 Å². The minimum atomic E-state index is -0.555. The summed E-state index contributed by atoms with van der Waals surface area (Å²) >= 11 is 9.06. The van der Waals surface area contributed by atoms with Gasteiger partial charge in [-0.05, 0) is 59.7 Å².